The van der Waals surface area contributed by atoms with Crippen molar-refractivity contribution in [3.05, 3.63) is 46.6 Å². The summed E-state index contributed by atoms with van der Waals surface area (Å²) in [6, 6.07) is 7.70. The molecule has 1 heterocycles. The SMILES string of the molecule is CC(C)(C)NCCCc1nnc(Cc2ccccc2Cl)o1. The molecular weight excluding hydrogens is 286 g/mol. The van der Waals surface area contributed by atoms with E-state index in [1.54, 1.807) is 0 Å². The number of aromatic nitrogens is 2. The molecule has 0 saturated heterocycles. The molecule has 0 spiro atoms. The highest BCUT2D eigenvalue weighted by atomic mass is 35.5. The van der Waals surface area contributed by atoms with Gasteiger partial charge in [0, 0.05) is 17.0 Å². The molecule has 0 unspecified atom stereocenters. The fraction of sp³-hybridized carbons (Fsp3) is 0.500. The van der Waals surface area contributed by atoms with Gasteiger partial charge in [0.1, 0.15) is 0 Å². The second kappa shape index (κ2) is 7.05. The molecular formula is C16H22ClN3O. The van der Waals surface area contributed by atoms with Gasteiger partial charge in [0.25, 0.3) is 0 Å². The molecule has 0 amide bonds. The molecule has 5 heteroatoms. The molecule has 1 N–H and O–H groups in total. The zero-order valence-electron chi connectivity index (χ0n) is 12.8. The molecule has 1 aromatic heterocycles. The predicted octanol–water partition coefficient (Wildman–Crippen LogP) is 3.63. The minimum Gasteiger partial charge on any atom is -0.425 e. The van der Waals surface area contributed by atoms with Crippen LogP contribution in [0.5, 0.6) is 0 Å². The van der Waals surface area contributed by atoms with E-state index in [1.807, 2.05) is 24.3 Å². The average Bonchev–Trinajstić information content (AvgIpc) is 2.84. The third kappa shape index (κ3) is 5.48. The number of aryl methyl sites for hydroxylation is 1. The predicted molar refractivity (Wildman–Crippen MR) is 84.6 cm³/mol. The van der Waals surface area contributed by atoms with Crippen molar-refractivity contribution >= 4 is 11.6 Å². The summed E-state index contributed by atoms with van der Waals surface area (Å²) >= 11 is 6.13. The minimum absolute atomic E-state index is 0.143. The van der Waals surface area contributed by atoms with Crippen molar-refractivity contribution in [2.45, 2.75) is 45.6 Å². The third-order valence-electron chi connectivity index (χ3n) is 3.03. The van der Waals surface area contributed by atoms with E-state index in [9.17, 15) is 0 Å². The summed E-state index contributed by atoms with van der Waals surface area (Å²) in [5.41, 5.74) is 1.15. The van der Waals surface area contributed by atoms with Crippen LogP contribution in [0.3, 0.4) is 0 Å². The van der Waals surface area contributed by atoms with Gasteiger partial charge in [-0.1, -0.05) is 29.8 Å². The van der Waals surface area contributed by atoms with Crippen molar-refractivity contribution in [2.75, 3.05) is 6.54 Å². The number of nitrogens with one attached hydrogen (secondary N) is 1. The van der Waals surface area contributed by atoms with E-state index in [1.165, 1.54) is 0 Å². The largest absolute Gasteiger partial charge is 0.425 e. The minimum atomic E-state index is 0.143. The molecule has 1 aromatic carbocycles. The summed E-state index contributed by atoms with van der Waals surface area (Å²) in [6.45, 7) is 7.40. The Morgan fingerprint density at radius 2 is 1.86 bits per heavy atom. The van der Waals surface area contributed by atoms with Crippen molar-refractivity contribution in [3.63, 3.8) is 0 Å². The highest BCUT2D eigenvalue weighted by Gasteiger charge is 2.10. The van der Waals surface area contributed by atoms with Crippen LogP contribution in [0.25, 0.3) is 0 Å². The first-order valence-corrected chi connectivity index (χ1v) is 7.61. The monoisotopic (exact) mass is 307 g/mol. The molecule has 0 aliphatic rings. The van der Waals surface area contributed by atoms with Gasteiger partial charge in [-0.15, -0.1) is 10.2 Å². The van der Waals surface area contributed by atoms with Crippen molar-refractivity contribution in [3.8, 4) is 0 Å². The Morgan fingerprint density at radius 1 is 1.14 bits per heavy atom. The fourth-order valence-electron chi connectivity index (χ4n) is 1.97. The van der Waals surface area contributed by atoms with E-state index >= 15 is 0 Å². The van der Waals surface area contributed by atoms with Gasteiger partial charge < -0.3 is 9.73 Å². The zero-order valence-corrected chi connectivity index (χ0v) is 13.6. The van der Waals surface area contributed by atoms with E-state index in [0.717, 1.165) is 30.0 Å². The molecule has 4 nitrogen and oxygen atoms in total. The van der Waals surface area contributed by atoms with Crippen molar-refractivity contribution in [1.29, 1.82) is 0 Å². The van der Waals surface area contributed by atoms with Gasteiger partial charge >= 0.3 is 0 Å². The number of benzene rings is 1. The van der Waals surface area contributed by atoms with Crippen molar-refractivity contribution < 1.29 is 4.42 Å². The molecule has 0 radical (unpaired) electrons. The van der Waals surface area contributed by atoms with Crippen LogP contribution in [0.2, 0.25) is 5.02 Å². The van der Waals surface area contributed by atoms with Crippen LogP contribution in [0.15, 0.2) is 28.7 Å². The summed E-state index contributed by atoms with van der Waals surface area (Å²) in [5, 5.41) is 12.3. The lowest BCUT2D eigenvalue weighted by molar-refractivity contribution is 0.406. The lowest BCUT2D eigenvalue weighted by atomic mass is 10.1. The number of halogens is 1. The van der Waals surface area contributed by atoms with Gasteiger partial charge in [0.05, 0.1) is 6.42 Å². The highest BCUT2D eigenvalue weighted by molar-refractivity contribution is 6.31. The summed E-state index contributed by atoms with van der Waals surface area (Å²) < 4.78 is 5.67. The highest BCUT2D eigenvalue weighted by Crippen LogP contribution is 2.18. The van der Waals surface area contributed by atoms with Gasteiger partial charge in [-0.25, -0.2) is 0 Å². The molecule has 0 bridgehead atoms. The quantitative estimate of drug-likeness (QED) is 0.828. The van der Waals surface area contributed by atoms with Crippen molar-refractivity contribution in [1.82, 2.24) is 15.5 Å². The Bertz CT molecular complexity index is 575. The molecule has 2 rings (SSSR count). The lowest BCUT2D eigenvalue weighted by Crippen LogP contribution is -2.36. The number of rotatable bonds is 6. The fourth-order valence-corrected chi connectivity index (χ4v) is 2.17. The maximum atomic E-state index is 6.13. The summed E-state index contributed by atoms with van der Waals surface area (Å²) in [4.78, 5) is 0. The number of hydrogen-bond acceptors (Lipinski definition) is 4. The maximum Gasteiger partial charge on any atom is 0.220 e. The van der Waals surface area contributed by atoms with Crippen LogP contribution in [0.1, 0.15) is 44.5 Å². The van der Waals surface area contributed by atoms with Crippen LogP contribution in [0, 0.1) is 0 Å². The second-order valence-corrected chi connectivity index (χ2v) is 6.55. The van der Waals surface area contributed by atoms with Crippen molar-refractivity contribution in [2.24, 2.45) is 0 Å². The van der Waals surface area contributed by atoms with Gasteiger partial charge in [-0.05, 0) is 45.4 Å². The molecule has 0 aliphatic heterocycles. The zero-order chi connectivity index (χ0) is 15.3. The Kier molecular flexibility index (Phi) is 5.37. The van der Waals surface area contributed by atoms with Gasteiger partial charge in [-0.3, -0.25) is 0 Å². The molecule has 0 atom stereocenters. The molecule has 0 saturated carbocycles. The first-order chi connectivity index (χ1) is 9.94. The molecule has 114 valence electrons. The topological polar surface area (TPSA) is 51.0 Å². The molecule has 0 aliphatic carbocycles. The van der Waals surface area contributed by atoms with E-state index in [2.05, 4.69) is 36.3 Å². The summed E-state index contributed by atoms with van der Waals surface area (Å²) in [5.74, 6) is 1.30. The van der Waals surface area contributed by atoms with E-state index in [4.69, 9.17) is 16.0 Å². The van der Waals surface area contributed by atoms with E-state index < -0.39 is 0 Å². The first-order valence-electron chi connectivity index (χ1n) is 7.24. The van der Waals surface area contributed by atoms with Gasteiger partial charge in [-0.2, -0.15) is 0 Å². The Labute approximate surface area is 130 Å². The first kappa shape index (κ1) is 16.0. The Balaban J connectivity index is 1.83. The molecule has 21 heavy (non-hydrogen) atoms. The van der Waals surface area contributed by atoms with E-state index in [-0.39, 0.29) is 5.54 Å². The standard InChI is InChI=1S/C16H22ClN3O/c1-16(2,3)18-10-6-9-14-19-20-15(21-14)11-12-7-4-5-8-13(12)17/h4-5,7-8,18H,6,9-11H2,1-3H3. The second-order valence-electron chi connectivity index (χ2n) is 6.14. The third-order valence-corrected chi connectivity index (χ3v) is 3.40. The summed E-state index contributed by atoms with van der Waals surface area (Å²) in [6.07, 6.45) is 2.34. The Morgan fingerprint density at radius 3 is 2.57 bits per heavy atom. The molecule has 2 aromatic rings. The lowest BCUT2D eigenvalue weighted by Gasteiger charge is -2.19. The van der Waals surface area contributed by atoms with Crippen LogP contribution < -0.4 is 5.32 Å². The van der Waals surface area contributed by atoms with Crippen LogP contribution in [0.4, 0.5) is 0 Å². The normalized spacial score (nSPS) is 11.8. The van der Waals surface area contributed by atoms with Crippen LogP contribution >= 0.6 is 11.6 Å². The van der Waals surface area contributed by atoms with E-state index in [0.29, 0.717) is 18.2 Å². The Hall–Kier alpha value is -1.39. The van der Waals surface area contributed by atoms with Crippen LogP contribution in [-0.4, -0.2) is 22.3 Å². The number of nitrogens with zero attached hydrogens (tertiary/aromatic N) is 2. The van der Waals surface area contributed by atoms with Gasteiger partial charge in [0.2, 0.25) is 11.8 Å². The summed E-state index contributed by atoms with van der Waals surface area (Å²) in [7, 11) is 0. The van der Waals surface area contributed by atoms with Gasteiger partial charge in [0.15, 0.2) is 0 Å². The smallest absolute Gasteiger partial charge is 0.220 e. The molecule has 0 fully saturated rings. The number of hydrogen-bond donors (Lipinski definition) is 1. The van der Waals surface area contributed by atoms with Crippen LogP contribution in [-0.2, 0) is 12.8 Å². The average molecular weight is 308 g/mol. The maximum absolute atomic E-state index is 6.13.